The summed E-state index contributed by atoms with van der Waals surface area (Å²) >= 11 is 0. The van der Waals surface area contributed by atoms with E-state index in [-0.39, 0.29) is 66.2 Å². The first-order valence-electron chi connectivity index (χ1n) is 12.3. The van der Waals surface area contributed by atoms with Crippen molar-refractivity contribution >= 4 is 21.4 Å². The highest BCUT2D eigenvalue weighted by molar-refractivity contribution is 7.89. The van der Waals surface area contributed by atoms with Crippen molar-refractivity contribution in [3.63, 3.8) is 0 Å². The number of nitriles is 1. The van der Waals surface area contributed by atoms with Crippen molar-refractivity contribution in [3.05, 3.63) is 45.7 Å². The number of ether oxygens (including phenoxy) is 1. The van der Waals surface area contributed by atoms with Crippen molar-refractivity contribution in [2.45, 2.75) is 57.9 Å². The Hall–Kier alpha value is -3.11. The molecule has 0 bridgehead atoms. The average Bonchev–Trinajstić information content (AvgIpc) is 2.88. The fourth-order valence-corrected chi connectivity index (χ4v) is 4.91. The predicted molar refractivity (Wildman–Crippen MR) is 139 cm³/mol. The van der Waals surface area contributed by atoms with Crippen molar-refractivity contribution in [1.29, 1.82) is 5.26 Å². The molecule has 1 aromatic heterocycles. The van der Waals surface area contributed by atoms with Crippen LogP contribution in [0.25, 0.3) is 0 Å². The van der Waals surface area contributed by atoms with Crippen LogP contribution in [0.1, 0.15) is 50.7 Å². The van der Waals surface area contributed by atoms with E-state index in [2.05, 4.69) is 21.9 Å². The van der Waals surface area contributed by atoms with Gasteiger partial charge in [-0.05, 0) is 31.4 Å². The third-order valence-corrected chi connectivity index (χ3v) is 7.45. The van der Waals surface area contributed by atoms with Gasteiger partial charge in [-0.15, -0.1) is 10.2 Å². The molecule has 1 aromatic carbocycles. The molecule has 0 saturated heterocycles. The van der Waals surface area contributed by atoms with Crippen LogP contribution in [0.4, 0.5) is 11.4 Å². The van der Waals surface area contributed by atoms with Gasteiger partial charge < -0.3 is 14.9 Å². The zero-order valence-electron chi connectivity index (χ0n) is 21.5. The SMILES string of the molecule is CCCCC(CC)Cn1c(O)c(C#N)c(C)c(N=Nc2ccccc2S(=O)(=O)NCCOCCO)c1=O. The van der Waals surface area contributed by atoms with Crippen LogP contribution in [-0.2, 0) is 21.3 Å². The number of benzene rings is 1. The van der Waals surface area contributed by atoms with Crippen molar-refractivity contribution in [2.24, 2.45) is 16.1 Å². The molecule has 2 rings (SSSR count). The summed E-state index contributed by atoms with van der Waals surface area (Å²) < 4.78 is 34.2. The van der Waals surface area contributed by atoms with Crippen LogP contribution in [0.3, 0.4) is 0 Å². The molecule has 3 N–H and O–H groups in total. The largest absolute Gasteiger partial charge is 0.493 e. The number of hydrogen-bond acceptors (Lipinski definition) is 9. The average molecular weight is 534 g/mol. The molecule has 12 heteroatoms. The van der Waals surface area contributed by atoms with Gasteiger partial charge >= 0.3 is 0 Å². The van der Waals surface area contributed by atoms with Crippen LogP contribution in [0.2, 0.25) is 0 Å². The Kier molecular flexibility index (Phi) is 11.9. The van der Waals surface area contributed by atoms with E-state index < -0.39 is 21.5 Å². The lowest BCUT2D eigenvalue weighted by molar-refractivity contribution is 0.0961. The predicted octanol–water partition coefficient (Wildman–Crippen LogP) is 3.65. The minimum Gasteiger partial charge on any atom is -0.493 e. The molecule has 0 aliphatic heterocycles. The molecule has 1 atom stereocenters. The molecule has 1 heterocycles. The Labute approximate surface area is 217 Å². The number of rotatable bonds is 15. The summed E-state index contributed by atoms with van der Waals surface area (Å²) in [4.78, 5) is 13.2. The highest BCUT2D eigenvalue weighted by Gasteiger charge is 2.22. The summed E-state index contributed by atoms with van der Waals surface area (Å²) in [6, 6.07) is 7.84. The molecule has 0 fully saturated rings. The van der Waals surface area contributed by atoms with E-state index in [1.165, 1.54) is 25.1 Å². The van der Waals surface area contributed by atoms with Gasteiger partial charge in [-0.2, -0.15) is 5.26 Å². The van der Waals surface area contributed by atoms with Crippen LogP contribution < -0.4 is 10.3 Å². The minimum absolute atomic E-state index is 0.00223. The second kappa shape index (κ2) is 14.6. The van der Waals surface area contributed by atoms with Crippen molar-refractivity contribution < 1.29 is 23.4 Å². The van der Waals surface area contributed by atoms with Gasteiger partial charge in [-0.3, -0.25) is 9.36 Å². The number of hydrogen-bond donors (Lipinski definition) is 3. The van der Waals surface area contributed by atoms with E-state index in [1.807, 2.05) is 13.0 Å². The Balaban J connectivity index is 2.46. The fourth-order valence-electron chi connectivity index (χ4n) is 3.77. The standard InChI is InChI=1S/C25H35N5O6S/c1-4-6-9-19(5-2)17-30-24(32)20(16-26)18(3)23(25(30)33)29-28-21-10-7-8-11-22(21)37(34,35)27-12-14-36-15-13-31/h7-8,10-11,19,27,31-32H,4-6,9,12-15,17H2,1-3H3. The van der Waals surface area contributed by atoms with Crippen molar-refractivity contribution in [2.75, 3.05) is 26.4 Å². The molecule has 0 aliphatic rings. The van der Waals surface area contributed by atoms with E-state index >= 15 is 0 Å². The molecule has 11 nitrogen and oxygen atoms in total. The quantitative estimate of drug-likeness (QED) is 0.232. The number of aromatic hydroxyl groups is 1. The molecular weight excluding hydrogens is 498 g/mol. The Morgan fingerprint density at radius 2 is 1.95 bits per heavy atom. The van der Waals surface area contributed by atoms with Gasteiger partial charge in [0.25, 0.3) is 5.56 Å². The number of nitrogens with zero attached hydrogens (tertiary/aromatic N) is 4. The molecule has 202 valence electrons. The molecule has 0 spiro atoms. The summed E-state index contributed by atoms with van der Waals surface area (Å²) in [6.07, 6.45) is 3.64. The third kappa shape index (κ3) is 7.93. The van der Waals surface area contributed by atoms with E-state index in [9.17, 15) is 23.6 Å². The summed E-state index contributed by atoms with van der Waals surface area (Å²) in [5.41, 5.74) is -0.669. The van der Waals surface area contributed by atoms with Crippen molar-refractivity contribution in [1.82, 2.24) is 9.29 Å². The number of unbranched alkanes of at least 4 members (excludes halogenated alkanes) is 1. The van der Waals surface area contributed by atoms with Gasteiger partial charge in [-0.25, -0.2) is 13.1 Å². The topological polar surface area (TPSA) is 166 Å². The number of aromatic nitrogens is 1. The Bertz CT molecular complexity index is 1280. The monoisotopic (exact) mass is 533 g/mol. The van der Waals surface area contributed by atoms with Crippen LogP contribution >= 0.6 is 0 Å². The molecular formula is C25H35N5O6S. The van der Waals surface area contributed by atoms with Gasteiger partial charge in [-0.1, -0.05) is 45.2 Å². The highest BCUT2D eigenvalue weighted by atomic mass is 32.2. The van der Waals surface area contributed by atoms with Crippen LogP contribution in [0, 0.1) is 24.2 Å². The summed E-state index contributed by atoms with van der Waals surface area (Å²) in [6.45, 7) is 5.79. The van der Waals surface area contributed by atoms with Gasteiger partial charge in [0.15, 0.2) is 5.69 Å². The lowest BCUT2D eigenvalue weighted by atomic mass is 9.99. The summed E-state index contributed by atoms with van der Waals surface area (Å²) in [7, 11) is -3.98. The molecule has 0 amide bonds. The molecule has 2 aromatic rings. The second-order valence-electron chi connectivity index (χ2n) is 8.52. The van der Waals surface area contributed by atoms with Crippen LogP contribution in [-0.4, -0.2) is 49.6 Å². The molecule has 1 unspecified atom stereocenters. The Morgan fingerprint density at radius 3 is 2.59 bits per heavy atom. The zero-order valence-corrected chi connectivity index (χ0v) is 22.3. The number of aliphatic hydroxyl groups is 1. The maximum Gasteiger partial charge on any atom is 0.281 e. The number of nitrogens with one attached hydrogen (secondary N) is 1. The van der Waals surface area contributed by atoms with Gasteiger partial charge in [0.2, 0.25) is 15.9 Å². The number of aliphatic hydroxyl groups excluding tert-OH is 1. The summed E-state index contributed by atoms with van der Waals surface area (Å²) in [5.74, 6) is -0.282. The second-order valence-corrected chi connectivity index (χ2v) is 10.3. The first kappa shape index (κ1) is 30.1. The maximum absolute atomic E-state index is 13.3. The first-order valence-corrected chi connectivity index (χ1v) is 13.8. The normalized spacial score (nSPS) is 12.6. The lowest BCUT2D eigenvalue weighted by Crippen LogP contribution is -2.27. The molecule has 0 saturated carbocycles. The molecule has 0 aliphatic carbocycles. The lowest BCUT2D eigenvalue weighted by Gasteiger charge is -2.19. The third-order valence-electron chi connectivity index (χ3n) is 5.94. The van der Waals surface area contributed by atoms with E-state index in [0.717, 1.165) is 30.3 Å². The molecule has 0 radical (unpaired) electrons. The smallest absolute Gasteiger partial charge is 0.281 e. The maximum atomic E-state index is 13.3. The Morgan fingerprint density at radius 1 is 1.22 bits per heavy atom. The first-order chi connectivity index (χ1) is 17.7. The van der Waals surface area contributed by atoms with Gasteiger partial charge in [0.1, 0.15) is 22.2 Å². The number of azo groups is 1. The minimum atomic E-state index is -3.98. The molecule has 37 heavy (non-hydrogen) atoms. The van der Waals surface area contributed by atoms with E-state index in [0.29, 0.717) is 0 Å². The van der Waals surface area contributed by atoms with Crippen LogP contribution in [0.15, 0.2) is 44.2 Å². The van der Waals surface area contributed by atoms with Gasteiger partial charge in [0.05, 0.1) is 19.8 Å². The fraction of sp³-hybridized carbons (Fsp3) is 0.520. The van der Waals surface area contributed by atoms with Crippen LogP contribution in [0.5, 0.6) is 5.88 Å². The summed E-state index contributed by atoms with van der Waals surface area (Å²) in [5, 5.41) is 37.2. The van der Waals surface area contributed by atoms with E-state index in [4.69, 9.17) is 9.84 Å². The van der Waals surface area contributed by atoms with Crippen molar-refractivity contribution in [3.8, 4) is 11.9 Å². The van der Waals surface area contributed by atoms with E-state index in [1.54, 1.807) is 6.07 Å². The highest BCUT2D eigenvalue weighted by Crippen LogP contribution is 2.30. The number of sulfonamides is 1. The zero-order chi connectivity index (χ0) is 27.4. The van der Waals surface area contributed by atoms with Gasteiger partial charge in [0, 0.05) is 18.7 Å². The number of pyridine rings is 1.